The van der Waals surface area contributed by atoms with E-state index in [0.29, 0.717) is 24.2 Å². The molecule has 0 aliphatic carbocycles. The van der Waals surface area contributed by atoms with Gasteiger partial charge in [0.05, 0.1) is 42.1 Å². The standard InChI is InChI=1S/C18H18N4O10S2/c23-21(24)13-1-4-18(15(11-13)22(25)26)34(29,30)20-7-5-19(6-8-20)33(27,28)14-2-3-16-17(12-14)32-10-9-31-16/h1-4,11-12H,5-10H2. The lowest BCUT2D eigenvalue weighted by Gasteiger charge is -2.36. The van der Waals surface area contributed by atoms with E-state index in [2.05, 4.69) is 0 Å². The van der Waals surface area contributed by atoms with Crippen LogP contribution in [-0.2, 0) is 29.2 Å². The molecule has 0 aromatic heterocycles. The molecule has 14 nitrogen and oxygen atoms in total. The predicted molar refractivity (Wildman–Crippen MR) is 115 cm³/mol. The molecule has 1 saturated heterocycles. The van der Waals surface area contributed by atoms with Gasteiger partial charge in [-0.3, -0.25) is 20.2 Å². The summed E-state index contributed by atoms with van der Waals surface area (Å²) in [5.74, 6) is 0.713. The first kappa shape index (κ1) is 24.1. The molecule has 182 valence electrons. The number of piperazine rings is 1. The highest BCUT2D eigenvalue weighted by Gasteiger charge is 2.43. The van der Waals surface area contributed by atoms with Gasteiger partial charge in [-0.05, 0) is 12.1 Å². The van der Waals surface area contributed by atoms with Crippen molar-refractivity contribution in [2.75, 3.05) is 39.4 Å². The monoisotopic (exact) mass is 514 g/mol. The average Bonchev–Trinajstić information content (AvgIpc) is 2.83. The Balaban J connectivity index is 1.53. The van der Waals surface area contributed by atoms with Crippen LogP contribution in [0.1, 0.15) is 0 Å². The van der Waals surface area contributed by atoms with Crippen molar-refractivity contribution < 1.29 is 36.8 Å². The topological polar surface area (TPSA) is 191 Å². The molecule has 16 heteroatoms. The summed E-state index contributed by atoms with van der Waals surface area (Å²) in [6.45, 7) is -0.293. The molecule has 0 bridgehead atoms. The molecule has 0 radical (unpaired) electrons. The molecule has 0 amide bonds. The van der Waals surface area contributed by atoms with Crippen LogP contribution in [-0.4, -0.2) is 67.0 Å². The van der Waals surface area contributed by atoms with Crippen molar-refractivity contribution in [1.29, 1.82) is 0 Å². The minimum atomic E-state index is -4.41. The molecule has 4 rings (SSSR count). The molecular formula is C18H18N4O10S2. The van der Waals surface area contributed by atoms with Crippen LogP contribution in [0.3, 0.4) is 0 Å². The second-order valence-electron chi connectivity index (χ2n) is 7.28. The molecule has 0 N–H and O–H groups in total. The summed E-state index contributed by atoms with van der Waals surface area (Å²) >= 11 is 0. The first-order valence-corrected chi connectivity index (χ1v) is 12.7. The Kier molecular flexibility index (Phi) is 6.36. The van der Waals surface area contributed by atoms with Gasteiger partial charge in [-0.1, -0.05) is 8.42 Å². The summed E-state index contributed by atoms with van der Waals surface area (Å²) in [7, 11) is -8.39. The Hall–Kier alpha value is -3.02. The fraction of sp³-hybridized carbons (Fsp3) is 0.333. The largest absolute Gasteiger partial charge is 0.593 e. The van der Waals surface area contributed by atoms with Gasteiger partial charge in [0.1, 0.15) is 13.2 Å². The molecule has 1 fully saturated rings. The SMILES string of the molecule is O=[N+]([O-])c1ccc([S+](=O)([O-])N2CCN([S+](=O)([O-])c3ccc4c(c3)OCCO4)CC2)c([N+](=O)[O-])c1. The van der Waals surface area contributed by atoms with E-state index < -0.39 is 46.9 Å². The third kappa shape index (κ3) is 4.38. The van der Waals surface area contributed by atoms with Crippen molar-refractivity contribution in [3.8, 4) is 11.5 Å². The zero-order chi connectivity index (χ0) is 24.7. The van der Waals surface area contributed by atoms with Crippen molar-refractivity contribution in [3.05, 3.63) is 56.6 Å². The number of fused-ring (bicyclic) bond motifs is 1. The quantitative estimate of drug-likeness (QED) is 0.309. The summed E-state index contributed by atoms with van der Waals surface area (Å²) in [6.07, 6.45) is 0. The zero-order valence-electron chi connectivity index (χ0n) is 17.4. The van der Waals surface area contributed by atoms with E-state index in [1.165, 1.54) is 18.2 Å². The molecule has 2 aromatic rings. The minimum absolute atomic E-state index is 0.0425. The maximum absolute atomic E-state index is 13.1. The van der Waals surface area contributed by atoms with Crippen LogP contribution in [0.25, 0.3) is 0 Å². The number of benzene rings is 2. The van der Waals surface area contributed by atoms with Crippen molar-refractivity contribution in [2.24, 2.45) is 0 Å². The molecule has 0 spiro atoms. The number of non-ortho nitro benzene ring substituents is 1. The van der Waals surface area contributed by atoms with E-state index in [9.17, 15) is 37.8 Å². The van der Waals surface area contributed by atoms with Crippen molar-refractivity contribution >= 4 is 32.2 Å². The number of ether oxygens (including phenoxy) is 2. The van der Waals surface area contributed by atoms with Gasteiger partial charge in [0, 0.05) is 18.2 Å². The average molecular weight is 514 g/mol. The molecular weight excluding hydrogens is 496 g/mol. The van der Waals surface area contributed by atoms with Crippen LogP contribution in [0.4, 0.5) is 11.4 Å². The van der Waals surface area contributed by atoms with E-state index in [-0.39, 0.29) is 37.7 Å². The molecule has 2 heterocycles. The lowest BCUT2D eigenvalue weighted by atomic mass is 10.3. The minimum Gasteiger partial charge on any atom is -0.593 e. The number of nitro groups is 2. The van der Waals surface area contributed by atoms with Crippen LogP contribution in [0.2, 0.25) is 0 Å². The second-order valence-corrected chi connectivity index (χ2v) is 11.1. The van der Waals surface area contributed by atoms with Crippen molar-refractivity contribution in [2.45, 2.75) is 9.79 Å². The molecule has 0 saturated carbocycles. The van der Waals surface area contributed by atoms with Crippen LogP contribution in [0, 0.1) is 20.2 Å². The fourth-order valence-electron chi connectivity index (χ4n) is 3.60. The highest BCUT2D eigenvalue weighted by atomic mass is 32.3. The summed E-state index contributed by atoms with van der Waals surface area (Å²) in [6, 6.07) is 6.44. The lowest BCUT2D eigenvalue weighted by Crippen LogP contribution is -2.53. The van der Waals surface area contributed by atoms with Gasteiger partial charge < -0.3 is 18.6 Å². The molecule has 2 aliphatic heterocycles. The second kappa shape index (κ2) is 8.97. The van der Waals surface area contributed by atoms with E-state index in [1.54, 1.807) is 0 Å². The van der Waals surface area contributed by atoms with Crippen LogP contribution in [0.5, 0.6) is 11.5 Å². The van der Waals surface area contributed by atoms with Gasteiger partial charge in [-0.25, -0.2) is 0 Å². The maximum Gasteiger partial charge on any atom is 0.332 e. The summed E-state index contributed by atoms with van der Waals surface area (Å²) in [5, 5.41) is 22.3. The molecule has 2 aliphatic rings. The van der Waals surface area contributed by atoms with Gasteiger partial charge in [-0.2, -0.15) is 0 Å². The normalized spacial score (nSPS) is 20.2. The molecule has 2 unspecified atom stereocenters. The molecule has 34 heavy (non-hydrogen) atoms. The highest BCUT2D eigenvalue weighted by Crippen LogP contribution is 2.37. The number of hydrogen-bond donors (Lipinski definition) is 0. The van der Waals surface area contributed by atoms with Crippen molar-refractivity contribution in [1.82, 2.24) is 8.61 Å². The zero-order valence-corrected chi connectivity index (χ0v) is 19.0. The van der Waals surface area contributed by atoms with Gasteiger partial charge >= 0.3 is 5.69 Å². The molecule has 2 aromatic carbocycles. The van der Waals surface area contributed by atoms with Gasteiger partial charge in [0.15, 0.2) is 37.2 Å². The Morgan fingerprint density at radius 2 is 1.35 bits per heavy atom. The van der Waals surface area contributed by atoms with Gasteiger partial charge in [0.25, 0.3) is 10.6 Å². The Labute approximate surface area is 195 Å². The van der Waals surface area contributed by atoms with Crippen LogP contribution < -0.4 is 9.47 Å². The number of sulfonamides is 2. The fourth-order valence-corrected chi connectivity index (χ4v) is 6.60. The van der Waals surface area contributed by atoms with Crippen LogP contribution in [0.15, 0.2) is 46.2 Å². The highest BCUT2D eigenvalue weighted by molar-refractivity contribution is 7.96. The first-order valence-electron chi connectivity index (χ1n) is 9.84. The van der Waals surface area contributed by atoms with Crippen LogP contribution >= 0.6 is 0 Å². The lowest BCUT2D eigenvalue weighted by molar-refractivity contribution is -0.396. The summed E-state index contributed by atoms with van der Waals surface area (Å²) in [5.41, 5.74) is -1.55. The Morgan fingerprint density at radius 3 is 1.94 bits per heavy atom. The van der Waals surface area contributed by atoms with E-state index in [4.69, 9.17) is 9.47 Å². The third-order valence-corrected chi connectivity index (χ3v) is 9.16. The number of nitro benzene ring substituents is 2. The van der Waals surface area contributed by atoms with Gasteiger partial charge in [-0.15, -0.1) is 8.61 Å². The molecule has 2 atom stereocenters. The van der Waals surface area contributed by atoms with E-state index >= 15 is 0 Å². The van der Waals surface area contributed by atoms with Gasteiger partial charge in [0.2, 0.25) is 0 Å². The predicted octanol–water partition coefficient (Wildman–Crippen LogP) is 1.40. The van der Waals surface area contributed by atoms with Crippen molar-refractivity contribution in [3.63, 3.8) is 0 Å². The maximum atomic E-state index is 13.1. The smallest absolute Gasteiger partial charge is 0.332 e. The van der Waals surface area contributed by atoms with E-state index in [0.717, 1.165) is 20.7 Å². The number of nitrogens with zero attached hydrogens (tertiary/aromatic N) is 4. The Bertz CT molecular complexity index is 1250. The first-order chi connectivity index (χ1) is 16.0. The summed E-state index contributed by atoms with van der Waals surface area (Å²) in [4.78, 5) is 19.6. The third-order valence-electron chi connectivity index (χ3n) is 5.32. The Morgan fingerprint density at radius 1 is 0.765 bits per heavy atom. The number of rotatable bonds is 6. The van der Waals surface area contributed by atoms with E-state index in [1.807, 2.05) is 0 Å². The summed E-state index contributed by atoms with van der Waals surface area (Å²) < 4.78 is 65.0. The number of hydrogen-bond acceptors (Lipinski definition) is 10.